The molecule has 0 radical (unpaired) electrons. The highest BCUT2D eigenvalue weighted by Gasteiger charge is 1.97. The minimum Gasteiger partial charge on any atom is -0.398 e. The SMILES string of the molecule is COCCc1ccc(C)cc1N. The van der Waals surface area contributed by atoms with Crippen molar-refractivity contribution in [3.63, 3.8) is 0 Å². The Bertz CT molecular complexity index is 258. The maximum absolute atomic E-state index is 5.81. The summed E-state index contributed by atoms with van der Waals surface area (Å²) in [7, 11) is 1.70. The van der Waals surface area contributed by atoms with E-state index in [9.17, 15) is 0 Å². The second kappa shape index (κ2) is 4.12. The lowest BCUT2D eigenvalue weighted by Gasteiger charge is -2.05. The zero-order valence-electron chi connectivity index (χ0n) is 7.63. The first-order valence-corrected chi connectivity index (χ1v) is 4.08. The van der Waals surface area contributed by atoms with Gasteiger partial charge in [-0.2, -0.15) is 0 Å². The third kappa shape index (κ3) is 2.24. The van der Waals surface area contributed by atoms with Crippen molar-refractivity contribution in [3.05, 3.63) is 29.3 Å². The summed E-state index contributed by atoms with van der Waals surface area (Å²) in [5.41, 5.74) is 9.05. The summed E-state index contributed by atoms with van der Waals surface area (Å²) in [4.78, 5) is 0. The van der Waals surface area contributed by atoms with Crippen molar-refractivity contribution in [1.29, 1.82) is 0 Å². The maximum Gasteiger partial charge on any atom is 0.0503 e. The van der Waals surface area contributed by atoms with Gasteiger partial charge in [0.05, 0.1) is 6.61 Å². The predicted octanol–water partition coefficient (Wildman–Crippen LogP) is 1.77. The van der Waals surface area contributed by atoms with E-state index in [2.05, 4.69) is 12.1 Å². The van der Waals surface area contributed by atoms with E-state index < -0.39 is 0 Å². The standard InChI is InChI=1S/C10H15NO/c1-8-3-4-9(5-6-12-2)10(11)7-8/h3-4,7H,5-6,11H2,1-2H3. The molecular weight excluding hydrogens is 150 g/mol. The molecule has 0 saturated heterocycles. The molecule has 0 atom stereocenters. The molecule has 0 aliphatic carbocycles. The van der Waals surface area contributed by atoms with Gasteiger partial charge in [0.1, 0.15) is 0 Å². The van der Waals surface area contributed by atoms with Crippen molar-refractivity contribution in [2.75, 3.05) is 19.5 Å². The molecule has 12 heavy (non-hydrogen) atoms. The zero-order chi connectivity index (χ0) is 8.97. The highest BCUT2D eigenvalue weighted by molar-refractivity contribution is 5.48. The van der Waals surface area contributed by atoms with Crippen molar-refractivity contribution in [3.8, 4) is 0 Å². The molecule has 1 aromatic carbocycles. The summed E-state index contributed by atoms with van der Waals surface area (Å²) < 4.78 is 4.98. The molecular formula is C10H15NO. The number of nitrogen functional groups attached to an aromatic ring is 1. The molecule has 1 aromatic rings. The van der Waals surface area contributed by atoms with Crippen molar-refractivity contribution in [2.45, 2.75) is 13.3 Å². The Morgan fingerprint density at radius 3 is 2.75 bits per heavy atom. The van der Waals surface area contributed by atoms with Gasteiger partial charge in [-0.1, -0.05) is 12.1 Å². The van der Waals surface area contributed by atoms with Crippen LogP contribution in [0.2, 0.25) is 0 Å². The molecule has 0 bridgehead atoms. The van der Waals surface area contributed by atoms with E-state index >= 15 is 0 Å². The Morgan fingerprint density at radius 2 is 2.17 bits per heavy atom. The molecule has 0 heterocycles. The second-order valence-electron chi connectivity index (χ2n) is 2.95. The van der Waals surface area contributed by atoms with E-state index in [1.165, 1.54) is 11.1 Å². The van der Waals surface area contributed by atoms with Crippen LogP contribution in [0.25, 0.3) is 0 Å². The number of ether oxygens (including phenoxy) is 1. The smallest absolute Gasteiger partial charge is 0.0503 e. The van der Waals surface area contributed by atoms with Gasteiger partial charge < -0.3 is 10.5 Å². The number of aryl methyl sites for hydroxylation is 1. The van der Waals surface area contributed by atoms with E-state index in [0.29, 0.717) is 0 Å². The average Bonchev–Trinajstić information content (AvgIpc) is 2.03. The zero-order valence-corrected chi connectivity index (χ0v) is 7.63. The summed E-state index contributed by atoms with van der Waals surface area (Å²) in [6, 6.07) is 6.12. The van der Waals surface area contributed by atoms with Crippen molar-refractivity contribution in [1.82, 2.24) is 0 Å². The molecule has 0 aromatic heterocycles. The highest BCUT2D eigenvalue weighted by atomic mass is 16.5. The van der Waals surface area contributed by atoms with E-state index in [1.54, 1.807) is 7.11 Å². The highest BCUT2D eigenvalue weighted by Crippen LogP contribution is 2.13. The van der Waals surface area contributed by atoms with E-state index in [-0.39, 0.29) is 0 Å². The fourth-order valence-corrected chi connectivity index (χ4v) is 1.15. The fraction of sp³-hybridized carbons (Fsp3) is 0.400. The van der Waals surface area contributed by atoms with Gasteiger partial charge in [0.25, 0.3) is 0 Å². The van der Waals surface area contributed by atoms with Crippen LogP contribution in [0.1, 0.15) is 11.1 Å². The second-order valence-corrected chi connectivity index (χ2v) is 2.95. The Balaban J connectivity index is 2.72. The van der Waals surface area contributed by atoms with Crippen LogP contribution < -0.4 is 5.73 Å². The minimum atomic E-state index is 0.729. The molecule has 1 rings (SSSR count). The maximum atomic E-state index is 5.81. The molecule has 0 aliphatic heterocycles. The predicted molar refractivity (Wildman–Crippen MR) is 51.2 cm³/mol. The van der Waals surface area contributed by atoms with Crippen molar-refractivity contribution in [2.24, 2.45) is 0 Å². The molecule has 2 nitrogen and oxygen atoms in total. The van der Waals surface area contributed by atoms with Crippen LogP contribution in [0.15, 0.2) is 18.2 Å². The van der Waals surface area contributed by atoms with Gasteiger partial charge in [-0.05, 0) is 30.5 Å². The van der Waals surface area contributed by atoms with Crippen LogP contribution in [0, 0.1) is 6.92 Å². The first kappa shape index (κ1) is 9.07. The molecule has 2 N–H and O–H groups in total. The third-order valence-corrected chi connectivity index (χ3v) is 1.88. The average molecular weight is 165 g/mol. The monoisotopic (exact) mass is 165 g/mol. The van der Waals surface area contributed by atoms with Crippen LogP contribution in [0.3, 0.4) is 0 Å². The number of methoxy groups -OCH3 is 1. The van der Waals surface area contributed by atoms with Crippen LogP contribution in [0.4, 0.5) is 5.69 Å². The summed E-state index contributed by atoms with van der Waals surface area (Å²) in [5, 5.41) is 0. The molecule has 2 heteroatoms. The summed E-state index contributed by atoms with van der Waals surface area (Å²) >= 11 is 0. The lowest BCUT2D eigenvalue weighted by molar-refractivity contribution is 0.202. The Labute approximate surface area is 73.3 Å². The van der Waals surface area contributed by atoms with E-state index in [1.807, 2.05) is 13.0 Å². The number of anilines is 1. The molecule has 0 saturated carbocycles. The molecule has 0 spiro atoms. The van der Waals surface area contributed by atoms with Gasteiger partial charge in [0.2, 0.25) is 0 Å². The van der Waals surface area contributed by atoms with Crippen LogP contribution in [0.5, 0.6) is 0 Å². The molecule has 0 fully saturated rings. The summed E-state index contributed by atoms with van der Waals surface area (Å²) in [6.45, 7) is 2.77. The van der Waals surface area contributed by atoms with Crippen LogP contribution >= 0.6 is 0 Å². The first-order valence-electron chi connectivity index (χ1n) is 4.08. The third-order valence-electron chi connectivity index (χ3n) is 1.88. The van der Waals surface area contributed by atoms with Crippen LogP contribution in [-0.2, 0) is 11.2 Å². The fourth-order valence-electron chi connectivity index (χ4n) is 1.15. The Morgan fingerprint density at radius 1 is 1.42 bits per heavy atom. The van der Waals surface area contributed by atoms with Gasteiger partial charge >= 0.3 is 0 Å². The Kier molecular flexibility index (Phi) is 3.11. The van der Waals surface area contributed by atoms with E-state index in [4.69, 9.17) is 10.5 Å². The number of rotatable bonds is 3. The lowest BCUT2D eigenvalue weighted by Crippen LogP contribution is -1.99. The van der Waals surface area contributed by atoms with Gasteiger partial charge in [-0.25, -0.2) is 0 Å². The quantitative estimate of drug-likeness (QED) is 0.693. The molecule has 0 amide bonds. The minimum absolute atomic E-state index is 0.729. The van der Waals surface area contributed by atoms with Gasteiger partial charge in [-0.15, -0.1) is 0 Å². The molecule has 0 unspecified atom stereocenters. The number of hydrogen-bond acceptors (Lipinski definition) is 2. The Hall–Kier alpha value is -1.02. The molecule has 66 valence electrons. The van der Waals surface area contributed by atoms with Gasteiger partial charge in [0.15, 0.2) is 0 Å². The number of benzene rings is 1. The van der Waals surface area contributed by atoms with Crippen LogP contribution in [-0.4, -0.2) is 13.7 Å². The number of nitrogens with two attached hydrogens (primary N) is 1. The molecule has 0 aliphatic rings. The largest absolute Gasteiger partial charge is 0.398 e. The van der Waals surface area contributed by atoms with Gasteiger partial charge in [0, 0.05) is 12.8 Å². The first-order chi connectivity index (χ1) is 5.74. The topological polar surface area (TPSA) is 35.2 Å². The summed E-state index contributed by atoms with van der Waals surface area (Å²) in [6.07, 6.45) is 0.891. The normalized spacial score (nSPS) is 10.2. The van der Waals surface area contributed by atoms with Crippen molar-refractivity contribution >= 4 is 5.69 Å². The summed E-state index contributed by atoms with van der Waals surface area (Å²) in [5.74, 6) is 0. The van der Waals surface area contributed by atoms with E-state index in [0.717, 1.165) is 18.7 Å². The lowest BCUT2D eigenvalue weighted by atomic mass is 10.1. The van der Waals surface area contributed by atoms with Crippen molar-refractivity contribution < 1.29 is 4.74 Å². The van der Waals surface area contributed by atoms with Gasteiger partial charge in [-0.3, -0.25) is 0 Å². The number of hydrogen-bond donors (Lipinski definition) is 1.